The van der Waals surface area contributed by atoms with E-state index in [0.29, 0.717) is 12.8 Å². The van der Waals surface area contributed by atoms with Gasteiger partial charge in [0.25, 0.3) is 0 Å². The molecule has 0 aromatic heterocycles. The first-order chi connectivity index (χ1) is 20.7. The summed E-state index contributed by atoms with van der Waals surface area (Å²) in [6.45, 7) is 21.6. The number of carbonyl (C=O) groups excluding carboxylic acids is 6. The van der Waals surface area contributed by atoms with E-state index < -0.39 is 59.9 Å². The average molecular weight is 640 g/mol. The van der Waals surface area contributed by atoms with Gasteiger partial charge in [-0.05, 0) is 56.3 Å². The highest BCUT2D eigenvalue weighted by atomic mass is 16.3. The Hall–Kier alpha value is -3.02. The number of aliphatic hydroxyl groups is 1. The molecule has 0 rings (SSSR count). The maximum atomic E-state index is 13.5. The van der Waals surface area contributed by atoms with Crippen LogP contribution in [0.4, 0.5) is 0 Å². The Morgan fingerprint density at radius 3 is 1.44 bits per heavy atom. The minimum absolute atomic E-state index is 0.0516. The molecular weight excluding hydrogens is 578 g/mol. The van der Waals surface area contributed by atoms with Gasteiger partial charge in [-0.2, -0.15) is 0 Å². The van der Waals surface area contributed by atoms with E-state index in [9.17, 15) is 33.9 Å². The lowest BCUT2D eigenvalue weighted by Crippen LogP contribution is -2.59. The third-order valence-electron chi connectivity index (χ3n) is 7.30. The van der Waals surface area contributed by atoms with Crippen LogP contribution in [0.2, 0.25) is 0 Å². The summed E-state index contributed by atoms with van der Waals surface area (Å²) in [5, 5.41) is 24.6. The van der Waals surface area contributed by atoms with Gasteiger partial charge in [-0.1, -0.05) is 69.2 Å². The molecular formula is C33H61N5O7. The maximum absolute atomic E-state index is 13.5. The fourth-order valence-corrected chi connectivity index (χ4v) is 4.80. The van der Waals surface area contributed by atoms with Crippen molar-refractivity contribution in [3.8, 4) is 0 Å². The van der Waals surface area contributed by atoms with E-state index in [2.05, 4.69) is 26.6 Å². The third-order valence-corrected chi connectivity index (χ3v) is 7.30. The lowest BCUT2D eigenvalue weighted by atomic mass is 9.95. The summed E-state index contributed by atoms with van der Waals surface area (Å²) < 4.78 is 0. The Morgan fingerprint density at radius 1 is 0.533 bits per heavy atom. The molecule has 5 amide bonds. The Bertz CT molecular complexity index is 996. The zero-order valence-corrected chi connectivity index (χ0v) is 29.6. The summed E-state index contributed by atoms with van der Waals surface area (Å²) in [6, 6.07) is -4.21. The number of ketones is 1. The normalized spacial score (nSPS) is 15.7. The first-order valence-electron chi connectivity index (χ1n) is 16.3. The lowest BCUT2D eigenvalue weighted by molar-refractivity contribution is -0.134. The fourth-order valence-electron chi connectivity index (χ4n) is 4.80. The van der Waals surface area contributed by atoms with E-state index in [-0.39, 0.29) is 54.1 Å². The molecule has 0 aromatic carbocycles. The Labute approximate surface area is 270 Å². The van der Waals surface area contributed by atoms with Crippen LogP contribution in [0, 0.1) is 29.6 Å². The van der Waals surface area contributed by atoms with E-state index >= 15 is 0 Å². The lowest BCUT2D eigenvalue weighted by Gasteiger charge is -2.31. The minimum atomic E-state index is -1.28. The molecule has 6 N–H and O–H groups in total. The molecule has 6 unspecified atom stereocenters. The number of Topliss-reactive ketones (excluding diaryl/α,β-unsaturated/α-hetero) is 1. The van der Waals surface area contributed by atoms with Crippen molar-refractivity contribution in [2.24, 2.45) is 29.6 Å². The molecule has 0 spiro atoms. The number of hydrogen-bond donors (Lipinski definition) is 6. The standard InChI is InChI=1S/C33H61N5O7/c1-17(2)13-24(23(12)39)35-31(43)22(11)34-28(42)16-26(40)25(14-18(3)4)36-32(44)30(21(9)10)38-33(45)29(20(7)8)37-27(41)15-19(5)6/h17-22,24-26,29-30,40H,13-16H2,1-12H3,(H,34,42)(H,35,43)(H,36,44)(H,37,41)(H,38,45). The van der Waals surface area contributed by atoms with Gasteiger partial charge in [0.2, 0.25) is 29.5 Å². The van der Waals surface area contributed by atoms with Gasteiger partial charge in [-0.3, -0.25) is 28.8 Å². The predicted molar refractivity (Wildman–Crippen MR) is 175 cm³/mol. The Balaban J connectivity index is 5.55. The fraction of sp³-hybridized carbons (Fsp3) is 0.818. The second kappa shape index (κ2) is 20.2. The maximum Gasteiger partial charge on any atom is 0.243 e. The SMILES string of the molecule is CC(=O)C(CC(C)C)NC(=O)C(C)NC(=O)CC(O)C(CC(C)C)NC(=O)C(NC(=O)C(NC(=O)CC(C)C)C(C)C)C(C)C. The number of carbonyl (C=O) groups is 6. The number of rotatable bonds is 20. The van der Waals surface area contributed by atoms with Crippen molar-refractivity contribution >= 4 is 35.3 Å². The molecule has 12 nitrogen and oxygen atoms in total. The largest absolute Gasteiger partial charge is 0.390 e. The van der Waals surface area contributed by atoms with Gasteiger partial charge in [0.1, 0.15) is 18.1 Å². The van der Waals surface area contributed by atoms with Crippen molar-refractivity contribution in [1.82, 2.24) is 26.6 Å². The Morgan fingerprint density at radius 2 is 1.00 bits per heavy atom. The first kappa shape index (κ1) is 42.0. The van der Waals surface area contributed by atoms with Crippen molar-refractivity contribution < 1.29 is 33.9 Å². The zero-order valence-electron chi connectivity index (χ0n) is 29.6. The highest BCUT2D eigenvalue weighted by Gasteiger charge is 2.33. The second-order valence-corrected chi connectivity index (χ2v) is 14.2. The van der Waals surface area contributed by atoms with Crippen molar-refractivity contribution in [1.29, 1.82) is 0 Å². The minimum Gasteiger partial charge on any atom is -0.390 e. The number of aliphatic hydroxyl groups excluding tert-OH is 1. The van der Waals surface area contributed by atoms with Crippen molar-refractivity contribution in [3.05, 3.63) is 0 Å². The van der Waals surface area contributed by atoms with E-state index in [4.69, 9.17) is 0 Å². The van der Waals surface area contributed by atoms with Crippen LogP contribution >= 0.6 is 0 Å². The van der Waals surface area contributed by atoms with Gasteiger partial charge >= 0.3 is 0 Å². The third kappa shape index (κ3) is 16.7. The summed E-state index contributed by atoms with van der Waals surface area (Å²) in [5.41, 5.74) is 0. The number of hydrogen-bond acceptors (Lipinski definition) is 7. The van der Waals surface area contributed by atoms with Gasteiger partial charge in [-0.25, -0.2) is 0 Å². The van der Waals surface area contributed by atoms with Gasteiger partial charge in [0, 0.05) is 6.42 Å². The van der Waals surface area contributed by atoms with Gasteiger partial charge in [0.15, 0.2) is 5.78 Å². The van der Waals surface area contributed by atoms with Gasteiger partial charge < -0.3 is 31.7 Å². The summed E-state index contributed by atoms with van der Waals surface area (Å²) in [5.74, 6) is -2.72. The summed E-state index contributed by atoms with van der Waals surface area (Å²) in [4.78, 5) is 76.5. The van der Waals surface area contributed by atoms with Gasteiger partial charge in [0.05, 0.1) is 24.6 Å². The van der Waals surface area contributed by atoms with Crippen molar-refractivity contribution in [2.45, 2.75) is 145 Å². The molecule has 0 aliphatic heterocycles. The highest BCUT2D eigenvalue weighted by molar-refractivity contribution is 5.93. The van der Waals surface area contributed by atoms with Crippen LogP contribution in [0.25, 0.3) is 0 Å². The smallest absolute Gasteiger partial charge is 0.243 e. The van der Waals surface area contributed by atoms with Crippen LogP contribution in [0.15, 0.2) is 0 Å². The molecule has 260 valence electrons. The van der Waals surface area contributed by atoms with E-state index in [1.807, 2.05) is 55.4 Å². The van der Waals surface area contributed by atoms with Crippen LogP contribution in [-0.2, 0) is 28.8 Å². The van der Waals surface area contributed by atoms with Crippen LogP contribution in [0.1, 0.15) is 109 Å². The number of nitrogens with one attached hydrogen (secondary N) is 5. The average Bonchev–Trinajstić information content (AvgIpc) is 2.87. The molecule has 0 fully saturated rings. The topological polar surface area (TPSA) is 183 Å². The van der Waals surface area contributed by atoms with E-state index in [1.165, 1.54) is 13.8 Å². The van der Waals surface area contributed by atoms with Crippen molar-refractivity contribution in [3.63, 3.8) is 0 Å². The van der Waals surface area contributed by atoms with Crippen LogP contribution in [-0.4, -0.2) is 76.7 Å². The monoisotopic (exact) mass is 639 g/mol. The van der Waals surface area contributed by atoms with Crippen LogP contribution in [0.3, 0.4) is 0 Å². The molecule has 0 bridgehead atoms. The molecule has 0 aliphatic carbocycles. The molecule has 0 aliphatic rings. The molecule has 12 heteroatoms. The first-order valence-corrected chi connectivity index (χ1v) is 16.3. The van der Waals surface area contributed by atoms with Crippen molar-refractivity contribution in [2.75, 3.05) is 0 Å². The van der Waals surface area contributed by atoms with E-state index in [0.717, 1.165) is 0 Å². The quantitative estimate of drug-likeness (QED) is 0.118. The van der Waals surface area contributed by atoms with Gasteiger partial charge in [-0.15, -0.1) is 0 Å². The van der Waals surface area contributed by atoms with Crippen LogP contribution < -0.4 is 26.6 Å². The molecule has 45 heavy (non-hydrogen) atoms. The highest BCUT2D eigenvalue weighted by Crippen LogP contribution is 2.14. The molecule has 0 radical (unpaired) electrons. The molecule has 0 saturated heterocycles. The van der Waals surface area contributed by atoms with Crippen LogP contribution in [0.5, 0.6) is 0 Å². The molecule has 0 aromatic rings. The zero-order chi connectivity index (χ0) is 35.2. The molecule has 0 heterocycles. The molecule has 0 saturated carbocycles. The summed E-state index contributed by atoms with van der Waals surface area (Å²) >= 11 is 0. The summed E-state index contributed by atoms with van der Waals surface area (Å²) in [6.07, 6.45) is -0.565. The Kier molecular flexibility index (Phi) is 18.8. The summed E-state index contributed by atoms with van der Waals surface area (Å²) in [7, 11) is 0. The van der Waals surface area contributed by atoms with E-state index in [1.54, 1.807) is 13.8 Å². The number of amides is 5. The molecule has 6 atom stereocenters. The second-order valence-electron chi connectivity index (χ2n) is 14.2. The predicted octanol–water partition coefficient (Wildman–Crippen LogP) is 2.22.